The Bertz CT molecular complexity index is 514. The third-order valence-corrected chi connectivity index (χ3v) is 4.67. The number of nitrogens with zero attached hydrogens (tertiary/aromatic N) is 2. The predicted octanol–water partition coefficient (Wildman–Crippen LogP) is 3.65. The molecule has 3 N–H and O–H groups in total. The van der Waals surface area contributed by atoms with Crippen LogP contribution in [0.25, 0.3) is 0 Å². The van der Waals surface area contributed by atoms with Gasteiger partial charge >= 0.3 is 6.09 Å². The molecule has 2 rings (SSSR count). The van der Waals surface area contributed by atoms with E-state index in [1.165, 1.54) is 5.69 Å². The summed E-state index contributed by atoms with van der Waals surface area (Å²) in [5.74, 6) is 0.601. The number of hydrogen-bond acceptors (Lipinski definition) is 3. The number of nitrogens with two attached hydrogens (primary N) is 1. The highest BCUT2D eigenvalue weighted by Gasteiger charge is 2.27. The lowest BCUT2D eigenvalue weighted by Gasteiger charge is -2.37. The van der Waals surface area contributed by atoms with Crippen LogP contribution in [0.1, 0.15) is 40.0 Å². The Kier molecular flexibility index (Phi) is 5.39. The van der Waals surface area contributed by atoms with Gasteiger partial charge in [0.2, 0.25) is 0 Å². The Balaban J connectivity index is 1.82. The van der Waals surface area contributed by atoms with Gasteiger partial charge in [-0.1, -0.05) is 0 Å². The molecular formula is C18H29N3O2. The smallest absolute Gasteiger partial charge is 0.407 e. The van der Waals surface area contributed by atoms with E-state index in [1.54, 1.807) is 4.90 Å². The van der Waals surface area contributed by atoms with E-state index in [0.717, 1.165) is 38.0 Å². The Hall–Kier alpha value is -1.91. The van der Waals surface area contributed by atoms with Crippen LogP contribution in [0.4, 0.5) is 16.2 Å². The molecule has 1 aromatic rings. The summed E-state index contributed by atoms with van der Waals surface area (Å²) in [5.41, 5.74) is 7.41. The fourth-order valence-corrected chi connectivity index (χ4v) is 3.19. The maximum Gasteiger partial charge on any atom is 0.407 e. The summed E-state index contributed by atoms with van der Waals surface area (Å²) in [6.07, 6.45) is 2.35. The van der Waals surface area contributed by atoms with E-state index in [1.807, 2.05) is 32.9 Å². The van der Waals surface area contributed by atoms with Crippen LogP contribution in [0.15, 0.2) is 24.3 Å². The molecule has 1 fully saturated rings. The molecule has 0 atom stereocenters. The van der Waals surface area contributed by atoms with Gasteiger partial charge in [0.05, 0.1) is 0 Å². The quantitative estimate of drug-likeness (QED) is 0.831. The zero-order chi connectivity index (χ0) is 17.0. The molecule has 1 saturated heterocycles. The highest BCUT2D eigenvalue weighted by Crippen LogP contribution is 2.27. The molecule has 5 nitrogen and oxygen atoms in total. The molecule has 1 amide bonds. The maximum absolute atomic E-state index is 11.4. The van der Waals surface area contributed by atoms with Crippen LogP contribution in [0.5, 0.6) is 0 Å². The van der Waals surface area contributed by atoms with Crippen molar-refractivity contribution in [1.82, 2.24) is 4.90 Å². The number of carboxylic acid groups (broad SMARTS) is 1. The Morgan fingerprint density at radius 2 is 1.83 bits per heavy atom. The molecule has 0 saturated carbocycles. The average Bonchev–Trinajstić information content (AvgIpc) is 2.47. The minimum Gasteiger partial charge on any atom is -0.465 e. The first-order valence-electron chi connectivity index (χ1n) is 8.38. The van der Waals surface area contributed by atoms with E-state index in [4.69, 9.17) is 5.73 Å². The third kappa shape index (κ3) is 4.78. The van der Waals surface area contributed by atoms with Crippen molar-refractivity contribution < 1.29 is 9.90 Å². The Morgan fingerprint density at radius 3 is 2.30 bits per heavy atom. The van der Waals surface area contributed by atoms with E-state index in [2.05, 4.69) is 17.0 Å². The zero-order valence-corrected chi connectivity index (χ0v) is 14.5. The Morgan fingerprint density at radius 1 is 1.26 bits per heavy atom. The fraction of sp³-hybridized carbons (Fsp3) is 0.611. The van der Waals surface area contributed by atoms with Crippen LogP contribution in [0.2, 0.25) is 0 Å². The van der Waals surface area contributed by atoms with Gasteiger partial charge in [-0.3, -0.25) is 0 Å². The van der Waals surface area contributed by atoms with Crippen LogP contribution >= 0.6 is 0 Å². The molecule has 1 heterocycles. The van der Waals surface area contributed by atoms with Gasteiger partial charge in [0, 0.05) is 36.5 Å². The zero-order valence-electron chi connectivity index (χ0n) is 14.5. The van der Waals surface area contributed by atoms with E-state index in [0.29, 0.717) is 12.5 Å². The summed E-state index contributed by atoms with van der Waals surface area (Å²) in [6.45, 7) is 8.51. The summed E-state index contributed by atoms with van der Waals surface area (Å²) < 4.78 is 0. The molecule has 23 heavy (non-hydrogen) atoms. The standard InChI is InChI=1S/C18H29N3O2/c1-18(2,3)21(17(22)23)13-10-14-8-11-20(12-9-14)16-6-4-15(19)5-7-16/h4-7,14H,8-13,19H2,1-3H3,(H,22,23). The van der Waals surface area contributed by atoms with Crippen molar-refractivity contribution in [1.29, 1.82) is 0 Å². The van der Waals surface area contributed by atoms with E-state index < -0.39 is 6.09 Å². The van der Waals surface area contributed by atoms with Gasteiger partial charge in [-0.15, -0.1) is 0 Å². The van der Waals surface area contributed by atoms with Crippen LogP contribution in [0.3, 0.4) is 0 Å². The first kappa shape index (κ1) is 17.4. The van der Waals surface area contributed by atoms with Gasteiger partial charge in [0.1, 0.15) is 0 Å². The van der Waals surface area contributed by atoms with Gasteiger partial charge < -0.3 is 20.6 Å². The number of carbonyl (C=O) groups is 1. The number of rotatable bonds is 4. The number of nitrogen functional groups attached to an aromatic ring is 1. The largest absolute Gasteiger partial charge is 0.465 e. The average molecular weight is 319 g/mol. The molecule has 128 valence electrons. The molecule has 0 unspecified atom stereocenters. The van der Waals surface area contributed by atoms with Crippen LogP contribution in [-0.2, 0) is 0 Å². The minimum absolute atomic E-state index is 0.337. The number of benzene rings is 1. The number of anilines is 2. The van der Waals surface area contributed by atoms with E-state index in [9.17, 15) is 9.90 Å². The highest BCUT2D eigenvalue weighted by atomic mass is 16.4. The van der Waals surface area contributed by atoms with Crippen LogP contribution in [-0.4, -0.2) is 41.3 Å². The lowest BCUT2D eigenvalue weighted by atomic mass is 9.92. The molecule has 1 aliphatic rings. The lowest BCUT2D eigenvalue weighted by Crippen LogP contribution is -2.46. The van der Waals surface area contributed by atoms with Gasteiger partial charge in [0.15, 0.2) is 0 Å². The summed E-state index contributed by atoms with van der Waals surface area (Å²) in [6, 6.07) is 8.02. The fourth-order valence-electron chi connectivity index (χ4n) is 3.19. The van der Waals surface area contributed by atoms with Gasteiger partial charge in [-0.05, 0) is 70.2 Å². The number of hydrogen-bond donors (Lipinski definition) is 2. The number of piperidine rings is 1. The molecule has 0 bridgehead atoms. The topological polar surface area (TPSA) is 69.8 Å². The Labute approximate surface area is 139 Å². The van der Waals surface area contributed by atoms with Crippen LogP contribution in [0, 0.1) is 5.92 Å². The second-order valence-electron chi connectivity index (χ2n) is 7.42. The van der Waals surface area contributed by atoms with Crippen LogP contribution < -0.4 is 10.6 Å². The van der Waals surface area contributed by atoms with E-state index >= 15 is 0 Å². The SMILES string of the molecule is CC(C)(C)N(CCC1CCN(c2ccc(N)cc2)CC1)C(=O)O. The monoisotopic (exact) mass is 319 g/mol. The summed E-state index contributed by atoms with van der Waals surface area (Å²) in [5, 5.41) is 9.36. The second kappa shape index (κ2) is 7.11. The normalized spacial score (nSPS) is 16.4. The van der Waals surface area contributed by atoms with Gasteiger partial charge in [-0.2, -0.15) is 0 Å². The highest BCUT2D eigenvalue weighted by molar-refractivity contribution is 5.65. The molecule has 1 aromatic carbocycles. The molecular weight excluding hydrogens is 290 g/mol. The lowest BCUT2D eigenvalue weighted by molar-refractivity contribution is 0.0949. The molecule has 0 aliphatic carbocycles. The van der Waals surface area contributed by atoms with Crippen molar-refractivity contribution in [3.8, 4) is 0 Å². The second-order valence-corrected chi connectivity index (χ2v) is 7.42. The maximum atomic E-state index is 11.4. The van der Waals surface area contributed by atoms with Crippen molar-refractivity contribution in [2.75, 3.05) is 30.3 Å². The summed E-state index contributed by atoms with van der Waals surface area (Å²) in [4.78, 5) is 15.3. The van der Waals surface area contributed by atoms with Crippen molar-refractivity contribution in [2.45, 2.75) is 45.6 Å². The van der Waals surface area contributed by atoms with Crippen molar-refractivity contribution in [2.24, 2.45) is 5.92 Å². The van der Waals surface area contributed by atoms with Gasteiger partial charge in [0.25, 0.3) is 0 Å². The first-order valence-corrected chi connectivity index (χ1v) is 8.38. The molecule has 0 aromatic heterocycles. The van der Waals surface area contributed by atoms with E-state index in [-0.39, 0.29) is 5.54 Å². The van der Waals surface area contributed by atoms with Crippen molar-refractivity contribution >= 4 is 17.5 Å². The van der Waals surface area contributed by atoms with Crippen molar-refractivity contribution in [3.05, 3.63) is 24.3 Å². The molecule has 0 spiro atoms. The molecule has 0 radical (unpaired) electrons. The summed E-state index contributed by atoms with van der Waals surface area (Å²) >= 11 is 0. The third-order valence-electron chi connectivity index (χ3n) is 4.67. The predicted molar refractivity (Wildman–Crippen MR) is 94.9 cm³/mol. The summed E-state index contributed by atoms with van der Waals surface area (Å²) in [7, 11) is 0. The minimum atomic E-state index is -0.822. The molecule has 5 heteroatoms. The first-order chi connectivity index (χ1) is 10.8. The number of amides is 1. The molecule has 1 aliphatic heterocycles. The van der Waals surface area contributed by atoms with Crippen molar-refractivity contribution in [3.63, 3.8) is 0 Å². The van der Waals surface area contributed by atoms with Gasteiger partial charge in [-0.25, -0.2) is 4.79 Å².